The summed E-state index contributed by atoms with van der Waals surface area (Å²) in [5, 5.41) is 12.9. The highest BCUT2D eigenvalue weighted by Gasteiger charge is 2.45. The minimum Gasteiger partial charge on any atom is -0.489 e. The summed E-state index contributed by atoms with van der Waals surface area (Å²) in [5.74, 6) is -2.35. The van der Waals surface area contributed by atoms with Gasteiger partial charge in [-0.05, 0) is 63.1 Å². The molecule has 0 aliphatic carbocycles. The molecule has 1 unspecified atom stereocenters. The fraction of sp³-hybridized carbons (Fsp3) is 0.368. The van der Waals surface area contributed by atoms with Gasteiger partial charge in [-0.15, -0.1) is 0 Å². The summed E-state index contributed by atoms with van der Waals surface area (Å²) < 4.78 is 22.1. The molecule has 16 nitrogen and oxygen atoms in total. The quantitative estimate of drug-likeness (QED) is 0.169. The Morgan fingerprint density at radius 1 is 1.05 bits per heavy atom. The maximum absolute atomic E-state index is 14.4. The first kappa shape index (κ1) is 36.9. The first-order valence-electron chi connectivity index (χ1n) is 18.1. The third kappa shape index (κ3) is 7.41. The molecule has 3 N–H and O–H groups in total. The maximum atomic E-state index is 14.4. The lowest BCUT2D eigenvalue weighted by molar-refractivity contribution is -0.136. The Morgan fingerprint density at radius 3 is 2.67 bits per heavy atom. The van der Waals surface area contributed by atoms with Crippen molar-refractivity contribution >= 4 is 52.6 Å². The number of rotatable bonds is 9. The van der Waals surface area contributed by atoms with Gasteiger partial charge in [-0.25, -0.2) is 13.9 Å². The lowest BCUT2D eigenvalue weighted by atomic mass is 10.0. The largest absolute Gasteiger partial charge is 0.489 e. The first-order chi connectivity index (χ1) is 26.4. The molecule has 0 saturated carbocycles. The molecule has 4 aromatic rings. The van der Waals surface area contributed by atoms with Crippen LogP contribution < -0.4 is 20.7 Å². The fourth-order valence-electron chi connectivity index (χ4n) is 7.09. The van der Waals surface area contributed by atoms with Gasteiger partial charge in [0.15, 0.2) is 5.65 Å². The van der Waals surface area contributed by atoms with Crippen LogP contribution in [0.4, 0.5) is 15.9 Å². The molecule has 5 heterocycles. The van der Waals surface area contributed by atoms with Gasteiger partial charge in [0, 0.05) is 57.0 Å². The fourth-order valence-corrected chi connectivity index (χ4v) is 7.09. The van der Waals surface area contributed by atoms with Gasteiger partial charge >= 0.3 is 0 Å². The van der Waals surface area contributed by atoms with Gasteiger partial charge in [0.05, 0.1) is 29.9 Å². The standard InChI is InChI=1S/C38H40FN9O7/c1-21-20-46(36(52)26-19-41-47-15-13-30(43-34(26)47)42-22(2)25-18-23(39)9-11-29(25)55-21)17-16-45(3)32(50)8-5-14-40-27-7-4-6-24-33(27)38(54)48(37(24)53)28-10-12-31(49)44-35(28)51/h4,6-7,9,11,13,15,18-19,21-22,28,40H,5,8,10,12,14,16-17,20H2,1-3H3,(H,42,43)(H,44,49,51)/t21-,22+,28?/m0/s1. The molecule has 1 fully saturated rings. The molecule has 6 amide bonds. The number of nitrogens with zero attached hydrogens (tertiary/aromatic N) is 6. The summed E-state index contributed by atoms with van der Waals surface area (Å²) >= 11 is 0. The van der Waals surface area contributed by atoms with Gasteiger partial charge in [0.2, 0.25) is 17.7 Å². The maximum Gasteiger partial charge on any atom is 0.264 e. The molecule has 55 heavy (non-hydrogen) atoms. The number of piperidine rings is 1. The number of aromatic nitrogens is 3. The molecule has 0 radical (unpaired) electrons. The van der Waals surface area contributed by atoms with Crippen molar-refractivity contribution in [3.8, 4) is 5.75 Å². The Labute approximate surface area is 315 Å². The molecular formula is C38H40FN9O7. The predicted molar refractivity (Wildman–Crippen MR) is 196 cm³/mol. The number of fused-ring (bicyclic) bond motifs is 3. The number of hydrogen-bond acceptors (Lipinski definition) is 11. The van der Waals surface area contributed by atoms with E-state index in [9.17, 15) is 33.2 Å². The minimum absolute atomic E-state index is 0.0229. The molecular weight excluding hydrogens is 713 g/mol. The molecule has 2 aromatic carbocycles. The molecule has 3 aliphatic heterocycles. The van der Waals surface area contributed by atoms with Crippen LogP contribution in [0.25, 0.3) is 5.65 Å². The van der Waals surface area contributed by atoms with E-state index < -0.39 is 41.6 Å². The van der Waals surface area contributed by atoms with Crippen LogP contribution in [-0.2, 0) is 14.4 Å². The zero-order valence-corrected chi connectivity index (χ0v) is 30.5. The van der Waals surface area contributed by atoms with E-state index in [4.69, 9.17) is 4.74 Å². The van der Waals surface area contributed by atoms with Crippen molar-refractivity contribution in [2.75, 3.05) is 43.9 Å². The summed E-state index contributed by atoms with van der Waals surface area (Å²) in [6.07, 6.45) is 3.26. The monoisotopic (exact) mass is 753 g/mol. The average Bonchev–Trinajstić information content (AvgIpc) is 3.69. The molecule has 2 bridgehead atoms. The van der Waals surface area contributed by atoms with Gasteiger partial charge in [-0.3, -0.25) is 39.0 Å². The van der Waals surface area contributed by atoms with Crippen LogP contribution in [0.3, 0.4) is 0 Å². The second kappa shape index (κ2) is 15.2. The lowest BCUT2D eigenvalue weighted by Gasteiger charge is -2.29. The van der Waals surface area contributed by atoms with Crippen molar-refractivity contribution in [2.45, 2.75) is 57.7 Å². The van der Waals surface area contributed by atoms with E-state index in [1.54, 1.807) is 42.4 Å². The van der Waals surface area contributed by atoms with E-state index in [1.807, 2.05) is 13.8 Å². The van der Waals surface area contributed by atoms with Gasteiger partial charge in [0.25, 0.3) is 17.7 Å². The van der Waals surface area contributed by atoms with Crippen molar-refractivity contribution in [2.24, 2.45) is 0 Å². The summed E-state index contributed by atoms with van der Waals surface area (Å²) in [6.45, 7) is 4.52. The van der Waals surface area contributed by atoms with E-state index >= 15 is 0 Å². The zero-order chi connectivity index (χ0) is 39.0. The van der Waals surface area contributed by atoms with Crippen LogP contribution in [0.2, 0.25) is 0 Å². The van der Waals surface area contributed by atoms with E-state index in [-0.39, 0.29) is 73.4 Å². The van der Waals surface area contributed by atoms with Gasteiger partial charge in [-0.1, -0.05) is 6.07 Å². The highest BCUT2D eigenvalue weighted by molar-refractivity contribution is 6.25. The number of carbonyl (C=O) groups is 6. The number of amides is 6. The van der Waals surface area contributed by atoms with Crippen molar-refractivity contribution < 1.29 is 37.9 Å². The van der Waals surface area contributed by atoms with E-state index in [2.05, 4.69) is 26.0 Å². The topological polar surface area (TPSA) is 188 Å². The van der Waals surface area contributed by atoms with Crippen molar-refractivity contribution in [1.29, 1.82) is 0 Å². The Bertz CT molecular complexity index is 2230. The highest BCUT2D eigenvalue weighted by Crippen LogP contribution is 2.33. The first-order valence-corrected chi connectivity index (χ1v) is 18.1. The second-order valence-corrected chi connectivity index (χ2v) is 13.9. The number of carbonyl (C=O) groups excluding carboxylic acids is 6. The second-order valence-electron chi connectivity index (χ2n) is 13.9. The van der Waals surface area contributed by atoms with Crippen LogP contribution in [0.1, 0.15) is 82.2 Å². The predicted octanol–water partition coefficient (Wildman–Crippen LogP) is 3.02. The Balaban J connectivity index is 0.986. The van der Waals surface area contributed by atoms with E-state index in [0.717, 1.165) is 4.90 Å². The summed E-state index contributed by atoms with van der Waals surface area (Å²) in [7, 11) is 1.65. The number of ether oxygens (including phenoxy) is 1. The number of hydrogen-bond donors (Lipinski definition) is 3. The van der Waals surface area contributed by atoms with Gasteiger partial charge in [-0.2, -0.15) is 5.10 Å². The highest BCUT2D eigenvalue weighted by atomic mass is 19.1. The number of imide groups is 2. The average molecular weight is 754 g/mol. The number of halogens is 1. The molecule has 17 heteroatoms. The number of anilines is 2. The van der Waals surface area contributed by atoms with E-state index in [1.165, 1.54) is 33.8 Å². The number of likely N-dealkylation sites (N-methyl/N-ethyl adjacent to an activating group) is 1. The Hall–Kier alpha value is -6.39. The molecule has 2 aromatic heterocycles. The normalized spacial score (nSPS) is 19.9. The van der Waals surface area contributed by atoms with E-state index in [0.29, 0.717) is 41.4 Å². The Morgan fingerprint density at radius 2 is 1.87 bits per heavy atom. The molecule has 1 saturated heterocycles. The van der Waals surface area contributed by atoms with Crippen molar-refractivity contribution in [3.63, 3.8) is 0 Å². The lowest BCUT2D eigenvalue weighted by Crippen LogP contribution is -2.54. The molecule has 3 aliphatic rings. The van der Waals surface area contributed by atoms with Crippen molar-refractivity contribution in [3.05, 3.63) is 82.9 Å². The number of nitrogens with one attached hydrogen (secondary N) is 3. The summed E-state index contributed by atoms with van der Waals surface area (Å²) in [4.78, 5) is 86.6. The Kier molecular flexibility index (Phi) is 10.2. The van der Waals surface area contributed by atoms with Gasteiger partial charge in [0.1, 0.15) is 35.1 Å². The SMILES string of the molecule is C[C@H]1CN(CCN(C)C(=O)CCCNc2cccc3c2C(=O)N(C2CCC(=O)NC2=O)C3=O)C(=O)c2cnn3ccc(nc23)N[C@H](C)c2cc(F)ccc2O1. The van der Waals surface area contributed by atoms with Crippen molar-refractivity contribution in [1.82, 2.24) is 34.6 Å². The third-order valence-corrected chi connectivity index (χ3v) is 9.98. The van der Waals surface area contributed by atoms with Crippen LogP contribution in [0.5, 0.6) is 5.75 Å². The molecule has 0 spiro atoms. The smallest absolute Gasteiger partial charge is 0.264 e. The van der Waals surface area contributed by atoms with Crippen LogP contribution in [-0.4, -0.2) is 110 Å². The van der Waals surface area contributed by atoms with Crippen LogP contribution in [0, 0.1) is 5.82 Å². The summed E-state index contributed by atoms with van der Waals surface area (Å²) in [5.41, 5.74) is 1.91. The number of benzene rings is 2. The van der Waals surface area contributed by atoms with Crippen LogP contribution in [0.15, 0.2) is 54.9 Å². The summed E-state index contributed by atoms with van der Waals surface area (Å²) in [6, 6.07) is 9.36. The van der Waals surface area contributed by atoms with Gasteiger partial charge < -0.3 is 25.2 Å². The molecule has 7 rings (SSSR count). The zero-order valence-electron chi connectivity index (χ0n) is 30.5. The third-order valence-electron chi connectivity index (χ3n) is 9.98. The van der Waals surface area contributed by atoms with Crippen LogP contribution >= 0.6 is 0 Å². The molecule has 3 atom stereocenters. The molecule has 286 valence electrons. The minimum atomic E-state index is -1.07.